The third-order valence-electron chi connectivity index (χ3n) is 4.94. The van der Waals surface area contributed by atoms with E-state index >= 15 is 0 Å². The highest BCUT2D eigenvalue weighted by Gasteiger charge is 2.30. The van der Waals surface area contributed by atoms with Gasteiger partial charge in [-0.3, -0.25) is 5.32 Å². The molecule has 2 amide bonds. The summed E-state index contributed by atoms with van der Waals surface area (Å²) in [5.74, 6) is 0.123. The molecule has 0 saturated carbocycles. The van der Waals surface area contributed by atoms with E-state index in [0.717, 1.165) is 18.6 Å². The molecule has 2 N–H and O–H groups in total. The van der Waals surface area contributed by atoms with Crippen molar-refractivity contribution in [3.63, 3.8) is 0 Å². The Kier molecular flexibility index (Phi) is 5.05. The second kappa shape index (κ2) is 7.55. The van der Waals surface area contributed by atoms with E-state index in [4.69, 9.17) is 0 Å². The van der Waals surface area contributed by atoms with Crippen LogP contribution in [0.3, 0.4) is 0 Å². The molecule has 1 aliphatic heterocycles. The van der Waals surface area contributed by atoms with Gasteiger partial charge < -0.3 is 10.2 Å². The van der Waals surface area contributed by atoms with E-state index in [2.05, 4.69) is 20.7 Å². The lowest BCUT2D eigenvalue weighted by Gasteiger charge is -2.26. The summed E-state index contributed by atoms with van der Waals surface area (Å²) in [5, 5.41) is 10.2. The second-order valence-electron chi connectivity index (χ2n) is 8.45. The van der Waals surface area contributed by atoms with E-state index in [-0.39, 0.29) is 17.6 Å². The van der Waals surface area contributed by atoms with E-state index in [9.17, 15) is 13.6 Å². The first-order valence-corrected chi connectivity index (χ1v) is 9.87. The number of halogens is 2. The Labute approximate surface area is 173 Å². The standard InChI is InChI=1S/C21H24F2N6O/c1-21(2,3)26-20(30)25-19-12-24-17-8-9-18(27-29(17)19)28-10-4-5-16(28)14-11-13(22)6-7-15(14)23/h6-9,11-12,16H,4-5,10H2,1-3H3,(H2,25,26,30)/t16-/m1/s1. The van der Waals surface area contributed by atoms with Crippen molar-refractivity contribution in [1.29, 1.82) is 0 Å². The van der Waals surface area contributed by atoms with Crippen LogP contribution in [0.1, 0.15) is 45.2 Å². The number of urea groups is 1. The van der Waals surface area contributed by atoms with Gasteiger partial charge in [0, 0.05) is 17.6 Å². The molecule has 2 aromatic heterocycles. The number of nitrogens with zero attached hydrogens (tertiary/aromatic N) is 4. The van der Waals surface area contributed by atoms with E-state index < -0.39 is 11.6 Å². The molecule has 3 aromatic rings. The van der Waals surface area contributed by atoms with Crippen LogP contribution in [0.5, 0.6) is 0 Å². The van der Waals surface area contributed by atoms with Gasteiger partial charge in [-0.25, -0.2) is 18.6 Å². The van der Waals surface area contributed by atoms with Gasteiger partial charge in [0.2, 0.25) is 0 Å². The molecule has 9 heteroatoms. The molecule has 0 radical (unpaired) electrons. The van der Waals surface area contributed by atoms with Gasteiger partial charge >= 0.3 is 6.03 Å². The number of imidazole rings is 1. The molecule has 1 aromatic carbocycles. The third-order valence-corrected chi connectivity index (χ3v) is 4.94. The van der Waals surface area contributed by atoms with Crippen molar-refractivity contribution in [1.82, 2.24) is 19.9 Å². The van der Waals surface area contributed by atoms with Crippen molar-refractivity contribution >= 4 is 23.3 Å². The van der Waals surface area contributed by atoms with Gasteiger partial charge in [-0.2, -0.15) is 4.52 Å². The summed E-state index contributed by atoms with van der Waals surface area (Å²) in [5.41, 5.74) is 0.501. The van der Waals surface area contributed by atoms with Crippen LogP contribution in [0.2, 0.25) is 0 Å². The Morgan fingerprint density at radius 1 is 1.20 bits per heavy atom. The molecular formula is C21H24F2N6O. The highest BCUT2D eigenvalue weighted by Crippen LogP contribution is 2.36. The first-order chi connectivity index (χ1) is 14.2. The summed E-state index contributed by atoms with van der Waals surface area (Å²) in [6.45, 7) is 6.32. The molecule has 0 spiro atoms. The number of nitrogens with one attached hydrogen (secondary N) is 2. The highest BCUT2D eigenvalue weighted by atomic mass is 19.1. The zero-order valence-electron chi connectivity index (χ0n) is 17.1. The molecule has 0 unspecified atom stereocenters. The summed E-state index contributed by atoms with van der Waals surface area (Å²) < 4.78 is 29.6. The van der Waals surface area contributed by atoms with Crippen molar-refractivity contribution in [2.45, 2.75) is 45.2 Å². The Balaban J connectivity index is 1.64. The second-order valence-corrected chi connectivity index (χ2v) is 8.45. The minimum atomic E-state index is -0.465. The maximum absolute atomic E-state index is 14.4. The van der Waals surface area contributed by atoms with Gasteiger partial charge in [0.1, 0.15) is 17.5 Å². The Bertz CT molecular complexity index is 1090. The Morgan fingerprint density at radius 2 is 2.00 bits per heavy atom. The molecule has 3 heterocycles. The van der Waals surface area contributed by atoms with E-state index in [1.807, 2.05) is 25.7 Å². The number of aromatic nitrogens is 3. The van der Waals surface area contributed by atoms with Gasteiger partial charge in [0.25, 0.3) is 0 Å². The first-order valence-electron chi connectivity index (χ1n) is 9.87. The van der Waals surface area contributed by atoms with Crippen LogP contribution < -0.4 is 15.5 Å². The monoisotopic (exact) mass is 414 g/mol. The molecule has 7 nitrogen and oxygen atoms in total. The van der Waals surface area contributed by atoms with Crippen LogP contribution in [0, 0.1) is 11.6 Å². The van der Waals surface area contributed by atoms with Crippen molar-refractivity contribution in [3.8, 4) is 0 Å². The largest absolute Gasteiger partial charge is 0.348 e. The molecule has 1 atom stereocenters. The van der Waals surface area contributed by atoms with Crippen molar-refractivity contribution in [2.24, 2.45) is 0 Å². The number of amides is 2. The van der Waals surface area contributed by atoms with Crippen molar-refractivity contribution in [2.75, 3.05) is 16.8 Å². The zero-order valence-corrected chi connectivity index (χ0v) is 17.1. The van der Waals surface area contributed by atoms with Gasteiger partial charge in [-0.15, -0.1) is 5.10 Å². The molecule has 0 aliphatic carbocycles. The first kappa shape index (κ1) is 20.1. The van der Waals surface area contributed by atoms with Crippen LogP contribution in [0.15, 0.2) is 36.5 Å². The van der Waals surface area contributed by atoms with Crippen molar-refractivity contribution < 1.29 is 13.6 Å². The number of anilines is 2. The number of hydrogen-bond donors (Lipinski definition) is 2. The summed E-state index contributed by atoms with van der Waals surface area (Å²) >= 11 is 0. The molecule has 1 saturated heterocycles. The van der Waals surface area contributed by atoms with E-state index in [1.54, 1.807) is 12.1 Å². The molecule has 30 heavy (non-hydrogen) atoms. The molecule has 1 aliphatic rings. The molecule has 0 bridgehead atoms. The number of rotatable bonds is 3. The normalized spacial score (nSPS) is 16.8. The quantitative estimate of drug-likeness (QED) is 0.671. The van der Waals surface area contributed by atoms with Gasteiger partial charge in [-0.1, -0.05) is 0 Å². The number of hydrogen-bond acceptors (Lipinski definition) is 4. The Morgan fingerprint density at radius 3 is 2.77 bits per heavy atom. The predicted octanol–water partition coefficient (Wildman–Crippen LogP) is 4.27. The average molecular weight is 414 g/mol. The smallest absolute Gasteiger partial charge is 0.320 e. The lowest BCUT2D eigenvalue weighted by Crippen LogP contribution is -2.43. The van der Waals surface area contributed by atoms with Gasteiger partial charge in [0.05, 0.1) is 12.2 Å². The van der Waals surface area contributed by atoms with E-state index in [0.29, 0.717) is 35.8 Å². The average Bonchev–Trinajstić information content (AvgIpc) is 3.29. The zero-order chi connectivity index (χ0) is 21.5. The summed E-state index contributed by atoms with van der Waals surface area (Å²) in [6, 6.07) is 6.44. The number of carbonyl (C=O) groups excluding carboxylic acids is 1. The van der Waals surface area contributed by atoms with Crippen LogP contribution >= 0.6 is 0 Å². The lowest BCUT2D eigenvalue weighted by molar-refractivity contribution is 0.243. The van der Waals surface area contributed by atoms with Gasteiger partial charge in [-0.05, 0) is 63.9 Å². The predicted molar refractivity (Wildman–Crippen MR) is 111 cm³/mol. The minimum Gasteiger partial charge on any atom is -0.348 e. The van der Waals surface area contributed by atoms with Gasteiger partial charge in [0.15, 0.2) is 11.5 Å². The lowest BCUT2D eigenvalue weighted by atomic mass is 10.0. The molecule has 158 valence electrons. The van der Waals surface area contributed by atoms with Crippen LogP contribution in [0.4, 0.5) is 25.2 Å². The van der Waals surface area contributed by atoms with Crippen molar-refractivity contribution in [3.05, 3.63) is 53.7 Å². The van der Waals surface area contributed by atoms with Crippen LogP contribution in [-0.2, 0) is 0 Å². The fraction of sp³-hybridized carbons (Fsp3) is 0.381. The maximum Gasteiger partial charge on any atom is 0.320 e. The minimum absolute atomic E-state index is 0.310. The van der Waals surface area contributed by atoms with E-state index in [1.165, 1.54) is 16.8 Å². The highest BCUT2D eigenvalue weighted by molar-refractivity contribution is 5.89. The topological polar surface area (TPSA) is 74.6 Å². The Hall–Kier alpha value is -3.23. The summed E-state index contributed by atoms with van der Waals surface area (Å²) in [6.07, 6.45) is 3.06. The number of carbonyl (C=O) groups is 1. The van der Waals surface area contributed by atoms with Crippen LogP contribution in [-0.4, -0.2) is 32.7 Å². The fourth-order valence-electron chi connectivity index (χ4n) is 3.72. The molecule has 4 rings (SSSR count). The number of benzene rings is 1. The maximum atomic E-state index is 14.4. The fourth-order valence-corrected chi connectivity index (χ4v) is 3.72. The summed E-state index contributed by atoms with van der Waals surface area (Å²) in [7, 11) is 0. The summed E-state index contributed by atoms with van der Waals surface area (Å²) in [4.78, 5) is 18.5. The molecule has 1 fully saturated rings. The number of fused-ring (bicyclic) bond motifs is 1. The molecular weight excluding hydrogens is 390 g/mol. The third kappa shape index (κ3) is 4.05. The van der Waals surface area contributed by atoms with Crippen LogP contribution in [0.25, 0.3) is 5.65 Å². The SMILES string of the molecule is CC(C)(C)NC(=O)Nc1cnc2ccc(N3CCC[C@@H]3c3cc(F)ccc3F)nn12.